The van der Waals surface area contributed by atoms with Crippen LogP contribution in [0, 0.1) is 6.92 Å². The summed E-state index contributed by atoms with van der Waals surface area (Å²) in [5.74, 6) is -0.0730. The van der Waals surface area contributed by atoms with Gasteiger partial charge in [-0.2, -0.15) is 5.10 Å². The van der Waals surface area contributed by atoms with Crippen molar-refractivity contribution in [3.05, 3.63) is 46.2 Å². The highest BCUT2D eigenvalue weighted by Crippen LogP contribution is 2.20. The van der Waals surface area contributed by atoms with Crippen molar-refractivity contribution in [1.82, 2.24) is 14.7 Å². The summed E-state index contributed by atoms with van der Waals surface area (Å²) >= 11 is 3.39. The Morgan fingerprint density at radius 2 is 2.00 bits per heavy atom. The lowest BCUT2D eigenvalue weighted by Crippen LogP contribution is -2.53. The van der Waals surface area contributed by atoms with E-state index in [1.165, 1.54) is 0 Å². The first-order valence-electron chi connectivity index (χ1n) is 6.34. The predicted octanol–water partition coefficient (Wildman–Crippen LogP) is 1.76. The van der Waals surface area contributed by atoms with Gasteiger partial charge in [-0.1, -0.05) is 15.9 Å². The second-order valence-corrected chi connectivity index (χ2v) is 5.81. The first-order chi connectivity index (χ1) is 9.56. The smallest absolute Gasteiger partial charge is 0.257 e. The highest BCUT2D eigenvalue weighted by Gasteiger charge is 2.31. The van der Waals surface area contributed by atoms with Gasteiger partial charge in [0.05, 0.1) is 29.2 Å². The fraction of sp³-hybridized carbons (Fsp3) is 0.286. The molecule has 0 spiro atoms. The molecule has 1 aromatic carbocycles. The van der Waals surface area contributed by atoms with Gasteiger partial charge < -0.3 is 10.0 Å². The van der Waals surface area contributed by atoms with E-state index in [2.05, 4.69) is 21.0 Å². The molecule has 0 aliphatic carbocycles. The number of aliphatic hydroxyl groups excluding tert-OH is 1. The summed E-state index contributed by atoms with van der Waals surface area (Å²) in [6.45, 7) is 2.68. The average Bonchev–Trinajstić information content (AvgIpc) is 2.77. The first kappa shape index (κ1) is 13.3. The number of hydrogen-bond acceptors (Lipinski definition) is 3. The van der Waals surface area contributed by atoms with Crippen molar-refractivity contribution >= 4 is 21.8 Å². The number of nitrogens with zero attached hydrogens (tertiary/aromatic N) is 3. The molecule has 0 atom stereocenters. The number of likely N-dealkylation sites (tertiary alicyclic amines) is 1. The second-order valence-electron chi connectivity index (χ2n) is 4.90. The Hall–Kier alpha value is -1.66. The maximum Gasteiger partial charge on any atom is 0.257 e. The summed E-state index contributed by atoms with van der Waals surface area (Å²) in [5.41, 5.74) is 2.30. The molecule has 1 aromatic heterocycles. The fourth-order valence-electron chi connectivity index (χ4n) is 2.25. The zero-order valence-corrected chi connectivity index (χ0v) is 12.5. The van der Waals surface area contributed by atoms with Crippen LogP contribution in [0.4, 0.5) is 0 Å². The third kappa shape index (κ3) is 2.25. The van der Waals surface area contributed by atoms with Crippen LogP contribution < -0.4 is 0 Å². The van der Waals surface area contributed by atoms with E-state index in [0.717, 1.165) is 15.9 Å². The summed E-state index contributed by atoms with van der Waals surface area (Å²) in [5, 5.41) is 13.6. The molecule has 5 nitrogen and oxygen atoms in total. The van der Waals surface area contributed by atoms with Gasteiger partial charge in [-0.3, -0.25) is 4.79 Å². The number of β-amino-alcohol motifs (C(OH)–C–C–N with tert-alkyl or cyclic N) is 1. The Morgan fingerprint density at radius 1 is 1.35 bits per heavy atom. The standard InChI is InChI=1S/C14H14BrN3O2/c1-9-13(14(20)17-7-12(19)8-17)6-16-18(9)11-4-2-10(15)3-5-11/h2-6,12,19H,7-8H2,1H3. The summed E-state index contributed by atoms with van der Waals surface area (Å²) in [6.07, 6.45) is 1.20. The molecule has 0 saturated carbocycles. The molecule has 0 bridgehead atoms. The minimum absolute atomic E-state index is 0.0730. The van der Waals surface area contributed by atoms with Gasteiger partial charge in [-0.05, 0) is 31.2 Å². The van der Waals surface area contributed by atoms with Crippen LogP contribution >= 0.6 is 15.9 Å². The van der Waals surface area contributed by atoms with Crippen molar-refractivity contribution in [2.75, 3.05) is 13.1 Å². The molecule has 3 rings (SSSR count). The number of aliphatic hydroxyl groups is 1. The molecule has 1 aliphatic heterocycles. The molecular formula is C14H14BrN3O2. The van der Waals surface area contributed by atoms with Crippen LogP contribution in [0.15, 0.2) is 34.9 Å². The van der Waals surface area contributed by atoms with Crippen LogP contribution in [0.1, 0.15) is 16.1 Å². The predicted molar refractivity (Wildman–Crippen MR) is 77.9 cm³/mol. The van der Waals surface area contributed by atoms with Crippen LogP contribution in [0.2, 0.25) is 0 Å². The van der Waals surface area contributed by atoms with Crippen LogP contribution in [0.25, 0.3) is 5.69 Å². The van der Waals surface area contributed by atoms with Gasteiger partial charge in [0, 0.05) is 17.6 Å². The molecule has 104 valence electrons. The minimum Gasteiger partial charge on any atom is -0.389 e. The van der Waals surface area contributed by atoms with Crippen LogP contribution in [0.5, 0.6) is 0 Å². The Kier molecular flexibility index (Phi) is 3.35. The van der Waals surface area contributed by atoms with Gasteiger partial charge in [0.2, 0.25) is 0 Å². The molecular weight excluding hydrogens is 322 g/mol. The Morgan fingerprint density at radius 3 is 2.60 bits per heavy atom. The highest BCUT2D eigenvalue weighted by molar-refractivity contribution is 9.10. The number of halogens is 1. The van der Waals surface area contributed by atoms with Gasteiger partial charge >= 0.3 is 0 Å². The summed E-state index contributed by atoms with van der Waals surface area (Å²) < 4.78 is 2.74. The molecule has 6 heteroatoms. The quantitative estimate of drug-likeness (QED) is 0.909. The normalized spacial score (nSPS) is 15.2. The zero-order valence-electron chi connectivity index (χ0n) is 11.0. The van der Waals surface area contributed by atoms with Crippen molar-refractivity contribution in [3.63, 3.8) is 0 Å². The van der Waals surface area contributed by atoms with E-state index < -0.39 is 0 Å². The van der Waals surface area contributed by atoms with Gasteiger partial charge in [0.1, 0.15) is 0 Å². The van der Waals surface area contributed by atoms with E-state index in [-0.39, 0.29) is 12.0 Å². The molecule has 2 heterocycles. The lowest BCUT2D eigenvalue weighted by Gasteiger charge is -2.35. The highest BCUT2D eigenvalue weighted by atomic mass is 79.9. The Labute approximate surface area is 124 Å². The molecule has 2 aromatic rings. The molecule has 1 N–H and O–H groups in total. The maximum atomic E-state index is 12.2. The molecule has 0 unspecified atom stereocenters. The SMILES string of the molecule is Cc1c(C(=O)N2CC(O)C2)cnn1-c1ccc(Br)cc1. The van der Waals surface area contributed by atoms with Crippen molar-refractivity contribution < 1.29 is 9.90 Å². The van der Waals surface area contributed by atoms with E-state index in [4.69, 9.17) is 0 Å². The third-order valence-electron chi connectivity index (χ3n) is 3.46. The average molecular weight is 336 g/mol. The lowest BCUT2D eigenvalue weighted by molar-refractivity contribution is 0.00584. The molecule has 20 heavy (non-hydrogen) atoms. The zero-order chi connectivity index (χ0) is 14.3. The number of aromatic nitrogens is 2. The summed E-state index contributed by atoms with van der Waals surface area (Å²) in [6, 6.07) is 7.74. The molecule has 0 radical (unpaired) electrons. The van der Waals surface area contributed by atoms with Crippen LogP contribution in [-0.2, 0) is 0 Å². The Bertz CT molecular complexity index is 645. The summed E-state index contributed by atoms with van der Waals surface area (Å²) in [4.78, 5) is 13.9. The molecule has 1 aliphatic rings. The van der Waals surface area contributed by atoms with Gasteiger partial charge in [-0.15, -0.1) is 0 Å². The van der Waals surface area contributed by atoms with Gasteiger partial charge in [0.15, 0.2) is 0 Å². The van der Waals surface area contributed by atoms with Crippen LogP contribution in [-0.4, -0.2) is 44.9 Å². The third-order valence-corrected chi connectivity index (χ3v) is 3.99. The monoisotopic (exact) mass is 335 g/mol. The van der Waals surface area contributed by atoms with E-state index in [0.29, 0.717) is 18.7 Å². The number of carbonyl (C=O) groups excluding carboxylic acids is 1. The van der Waals surface area contributed by atoms with E-state index >= 15 is 0 Å². The number of benzene rings is 1. The van der Waals surface area contributed by atoms with Crippen LogP contribution in [0.3, 0.4) is 0 Å². The Balaban J connectivity index is 1.88. The minimum atomic E-state index is -0.388. The second kappa shape index (κ2) is 5.03. The van der Waals surface area contributed by atoms with Crippen molar-refractivity contribution in [2.45, 2.75) is 13.0 Å². The summed E-state index contributed by atoms with van der Waals surface area (Å²) in [7, 11) is 0. The molecule has 1 amide bonds. The topological polar surface area (TPSA) is 58.4 Å². The molecule has 1 fully saturated rings. The van der Waals surface area contributed by atoms with Crippen molar-refractivity contribution in [1.29, 1.82) is 0 Å². The van der Waals surface area contributed by atoms with Crippen molar-refractivity contribution in [2.24, 2.45) is 0 Å². The number of rotatable bonds is 2. The number of hydrogen-bond donors (Lipinski definition) is 1. The number of carbonyl (C=O) groups is 1. The fourth-order valence-corrected chi connectivity index (χ4v) is 2.52. The van der Waals surface area contributed by atoms with E-state index in [1.807, 2.05) is 31.2 Å². The molecule has 1 saturated heterocycles. The van der Waals surface area contributed by atoms with Crippen molar-refractivity contribution in [3.8, 4) is 5.69 Å². The maximum absolute atomic E-state index is 12.2. The van der Waals surface area contributed by atoms with E-state index in [1.54, 1.807) is 15.8 Å². The number of amides is 1. The van der Waals surface area contributed by atoms with Gasteiger partial charge in [-0.25, -0.2) is 4.68 Å². The van der Waals surface area contributed by atoms with Gasteiger partial charge in [0.25, 0.3) is 5.91 Å². The first-order valence-corrected chi connectivity index (χ1v) is 7.13. The van der Waals surface area contributed by atoms with E-state index in [9.17, 15) is 9.90 Å². The lowest BCUT2D eigenvalue weighted by atomic mass is 10.1. The largest absolute Gasteiger partial charge is 0.389 e.